The molecule has 0 bridgehead atoms. The Hall–Kier alpha value is 0.210. The summed E-state index contributed by atoms with van der Waals surface area (Å²) in [6.45, 7) is 2.02. The van der Waals surface area contributed by atoms with Gasteiger partial charge in [0.2, 0.25) is 0 Å². The molecule has 0 aromatic rings. The molecule has 0 atom stereocenters. The Morgan fingerprint density at radius 1 is 1.50 bits per heavy atom. The zero-order chi connectivity index (χ0) is 4.99. The molecule has 0 aliphatic rings. The average molecular weight is 160 g/mol. The Bertz CT molecular complexity index is 58.0. The number of Topliss-reactive ketones (excluding diaryl/α,β-unsaturated/α-hetero) is 1. The number of halogens is 2. The molecule has 0 heterocycles. The van der Waals surface area contributed by atoms with Gasteiger partial charge in [-0.25, -0.2) is 0 Å². The lowest BCUT2D eigenvalue weighted by Gasteiger charge is -1.81. The average Bonchev–Trinajstić information content (AvgIpc) is 1.35. The Morgan fingerprint density at radius 2 is 1.88 bits per heavy atom. The van der Waals surface area contributed by atoms with E-state index in [9.17, 15) is 4.79 Å². The highest BCUT2D eigenvalue weighted by Gasteiger charge is 1.83. The normalized spacial score (nSPS) is 6.25. The number of rotatable bonds is 2. The number of carbonyl (C=O) groups is 1. The highest BCUT2D eigenvalue weighted by Crippen LogP contribution is 1.71. The van der Waals surface area contributed by atoms with Crippen LogP contribution in [-0.2, 0) is 4.79 Å². The molecule has 0 radical (unpaired) electrons. The van der Waals surface area contributed by atoms with Gasteiger partial charge in [-0.05, 0) is 13.5 Å². The molecule has 0 aromatic heterocycles. The summed E-state index contributed by atoms with van der Waals surface area (Å²) < 4.78 is 0. The number of hydrogen-bond donors (Lipinski definition) is 1. The quantitative estimate of drug-likeness (QED) is 0.648. The molecule has 0 spiro atoms. The van der Waals surface area contributed by atoms with Crippen LogP contribution in [-0.4, -0.2) is 12.3 Å². The van der Waals surface area contributed by atoms with Gasteiger partial charge in [-0.3, -0.25) is 4.79 Å². The van der Waals surface area contributed by atoms with Crippen molar-refractivity contribution in [3.8, 4) is 0 Å². The third kappa shape index (κ3) is 16.4. The summed E-state index contributed by atoms with van der Waals surface area (Å²) in [5.74, 6) is 0.164. The van der Waals surface area contributed by atoms with Crippen LogP contribution in [0.3, 0.4) is 0 Å². The van der Waals surface area contributed by atoms with Gasteiger partial charge in [0.05, 0.1) is 0 Å². The molecule has 2 N–H and O–H groups in total. The number of nitrogens with two attached hydrogens (primary N) is 1. The largest absolute Gasteiger partial charge is 0.330 e. The molecule has 0 saturated heterocycles. The summed E-state index contributed by atoms with van der Waals surface area (Å²) in [5, 5.41) is 0. The van der Waals surface area contributed by atoms with Crippen LogP contribution in [0.15, 0.2) is 0 Å². The van der Waals surface area contributed by atoms with Crippen molar-refractivity contribution in [1.82, 2.24) is 0 Å². The van der Waals surface area contributed by atoms with Crippen LogP contribution in [0.25, 0.3) is 0 Å². The molecule has 0 rings (SSSR count). The van der Waals surface area contributed by atoms with E-state index in [0.29, 0.717) is 13.0 Å². The van der Waals surface area contributed by atoms with Crippen molar-refractivity contribution in [1.29, 1.82) is 0 Å². The molecule has 0 saturated carbocycles. The molecule has 0 aromatic carbocycles. The van der Waals surface area contributed by atoms with Crippen LogP contribution in [0, 0.1) is 0 Å². The minimum absolute atomic E-state index is 0. The van der Waals surface area contributed by atoms with Crippen molar-refractivity contribution in [3.05, 3.63) is 0 Å². The van der Waals surface area contributed by atoms with Crippen molar-refractivity contribution in [2.75, 3.05) is 6.54 Å². The molecule has 0 amide bonds. The van der Waals surface area contributed by atoms with Crippen LogP contribution in [0.1, 0.15) is 13.3 Å². The number of ketones is 1. The minimum atomic E-state index is 0. The predicted octanol–water partition coefficient (Wildman–Crippen LogP) is 0.768. The van der Waals surface area contributed by atoms with Crippen molar-refractivity contribution >= 4 is 30.6 Å². The van der Waals surface area contributed by atoms with Gasteiger partial charge in [-0.15, -0.1) is 24.8 Å². The van der Waals surface area contributed by atoms with Gasteiger partial charge in [0.1, 0.15) is 5.78 Å². The standard InChI is InChI=1S/C4H9NO.2ClH/c1-4(6)2-3-5;;/h2-3,5H2,1H3;2*1H. The molecular formula is C4H11Cl2NO. The molecule has 0 fully saturated rings. The first kappa shape index (κ1) is 15.7. The van der Waals surface area contributed by atoms with Crippen molar-refractivity contribution in [3.63, 3.8) is 0 Å². The third-order valence-corrected chi connectivity index (χ3v) is 0.496. The zero-order valence-corrected chi connectivity index (χ0v) is 6.35. The fraction of sp³-hybridized carbons (Fsp3) is 0.750. The predicted molar refractivity (Wildman–Crippen MR) is 38.8 cm³/mol. The van der Waals surface area contributed by atoms with Gasteiger partial charge in [-0.2, -0.15) is 0 Å². The van der Waals surface area contributed by atoms with E-state index in [1.54, 1.807) is 0 Å². The first-order valence-corrected chi connectivity index (χ1v) is 1.97. The summed E-state index contributed by atoms with van der Waals surface area (Å²) in [5.41, 5.74) is 5.01. The lowest BCUT2D eigenvalue weighted by Crippen LogP contribution is -2.03. The van der Waals surface area contributed by atoms with Gasteiger partial charge in [-0.1, -0.05) is 0 Å². The fourth-order valence-corrected chi connectivity index (χ4v) is 0.203. The maximum atomic E-state index is 9.96. The van der Waals surface area contributed by atoms with Crippen molar-refractivity contribution in [2.24, 2.45) is 5.73 Å². The van der Waals surface area contributed by atoms with E-state index in [1.807, 2.05) is 0 Å². The fourth-order valence-electron chi connectivity index (χ4n) is 0.203. The maximum Gasteiger partial charge on any atom is 0.131 e. The van der Waals surface area contributed by atoms with E-state index < -0.39 is 0 Å². The van der Waals surface area contributed by atoms with Crippen LogP contribution in [0.4, 0.5) is 0 Å². The van der Waals surface area contributed by atoms with Gasteiger partial charge in [0.15, 0.2) is 0 Å². The second kappa shape index (κ2) is 10.2. The highest BCUT2D eigenvalue weighted by molar-refractivity contribution is 5.85. The van der Waals surface area contributed by atoms with Crippen LogP contribution in [0.2, 0.25) is 0 Å². The van der Waals surface area contributed by atoms with E-state index in [1.165, 1.54) is 6.92 Å². The van der Waals surface area contributed by atoms with Gasteiger partial charge >= 0.3 is 0 Å². The van der Waals surface area contributed by atoms with E-state index in [4.69, 9.17) is 5.73 Å². The SMILES string of the molecule is CC(=O)CCN.Cl.Cl. The summed E-state index contributed by atoms with van der Waals surface area (Å²) >= 11 is 0. The molecule has 52 valence electrons. The Morgan fingerprint density at radius 3 is 1.88 bits per heavy atom. The van der Waals surface area contributed by atoms with Gasteiger partial charge in [0, 0.05) is 6.42 Å². The molecule has 0 aliphatic heterocycles. The van der Waals surface area contributed by atoms with E-state index >= 15 is 0 Å². The summed E-state index contributed by atoms with van der Waals surface area (Å²) in [7, 11) is 0. The van der Waals surface area contributed by atoms with E-state index in [2.05, 4.69) is 0 Å². The first-order chi connectivity index (χ1) is 2.77. The molecule has 8 heavy (non-hydrogen) atoms. The van der Waals surface area contributed by atoms with Crippen molar-refractivity contribution < 1.29 is 4.79 Å². The monoisotopic (exact) mass is 159 g/mol. The molecule has 0 unspecified atom stereocenters. The Labute approximate surface area is 61.6 Å². The summed E-state index contributed by atoms with van der Waals surface area (Å²) in [6, 6.07) is 0. The molecule has 4 heteroatoms. The Kier molecular flexibility index (Phi) is 20.1. The lowest BCUT2D eigenvalue weighted by atomic mass is 10.3. The second-order valence-corrected chi connectivity index (χ2v) is 1.24. The van der Waals surface area contributed by atoms with E-state index in [-0.39, 0.29) is 30.6 Å². The number of hydrogen-bond acceptors (Lipinski definition) is 2. The summed E-state index contributed by atoms with van der Waals surface area (Å²) in [4.78, 5) is 9.96. The number of carbonyl (C=O) groups excluding carboxylic acids is 1. The topological polar surface area (TPSA) is 43.1 Å². The Balaban J connectivity index is -0.000000125. The van der Waals surface area contributed by atoms with Crippen molar-refractivity contribution in [2.45, 2.75) is 13.3 Å². The molecule has 0 aliphatic carbocycles. The minimum Gasteiger partial charge on any atom is -0.330 e. The maximum absolute atomic E-state index is 9.96. The zero-order valence-electron chi connectivity index (χ0n) is 4.72. The van der Waals surface area contributed by atoms with Crippen LogP contribution in [0.5, 0.6) is 0 Å². The lowest BCUT2D eigenvalue weighted by molar-refractivity contribution is -0.116. The molecular weight excluding hydrogens is 149 g/mol. The molecule has 2 nitrogen and oxygen atoms in total. The summed E-state index contributed by atoms with van der Waals surface area (Å²) in [6.07, 6.45) is 0.514. The van der Waals surface area contributed by atoms with Crippen LogP contribution < -0.4 is 5.73 Å². The van der Waals surface area contributed by atoms with Crippen LogP contribution >= 0.6 is 24.8 Å². The second-order valence-electron chi connectivity index (χ2n) is 1.24. The smallest absolute Gasteiger partial charge is 0.131 e. The third-order valence-electron chi connectivity index (χ3n) is 0.496. The van der Waals surface area contributed by atoms with Gasteiger partial charge < -0.3 is 5.73 Å². The first-order valence-electron chi connectivity index (χ1n) is 1.97. The van der Waals surface area contributed by atoms with E-state index in [0.717, 1.165) is 0 Å². The van der Waals surface area contributed by atoms with Gasteiger partial charge in [0.25, 0.3) is 0 Å². The highest BCUT2D eigenvalue weighted by atomic mass is 35.5.